The lowest BCUT2D eigenvalue weighted by atomic mass is 9.61. The Hall–Kier alpha value is -0.0400. The van der Waals surface area contributed by atoms with E-state index in [2.05, 4.69) is 27.7 Å². The van der Waals surface area contributed by atoms with Crippen LogP contribution in [0.1, 0.15) is 79.1 Å². The third-order valence-electron chi connectivity index (χ3n) is 6.29. The lowest BCUT2D eigenvalue weighted by Gasteiger charge is -2.45. The van der Waals surface area contributed by atoms with Crippen molar-refractivity contribution >= 4 is 0 Å². The molecule has 0 saturated heterocycles. The molecule has 1 N–H and O–H groups in total. The maximum absolute atomic E-state index is 10.3. The molecule has 0 radical (unpaired) electrons. The Morgan fingerprint density at radius 3 is 2.53 bits per heavy atom. The van der Waals surface area contributed by atoms with Gasteiger partial charge in [-0.25, -0.2) is 0 Å². The summed E-state index contributed by atoms with van der Waals surface area (Å²) in [6.07, 6.45) is 10.4. The zero-order valence-electron chi connectivity index (χ0n) is 13.5. The van der Waals surface area contributed by atoms with E-state index in [1.165, 1.54) is 44.9 Å². The van der Waals surface area contributed by atoms with E-state index < -0.39 is 0 Å². The monoisotopic (exact) mass is 266 g/mol. The van der Waals surface area contributed by atoms with Crippen LogP contribution in [0, 0.1) is 29.1 Å². The second kappa shape index (κ2) is 6.16. The fourth-order valence-electron chi connectivity index (χ4n) is 5.17. The van der Waals surface area contributed by atoms with Crippen LogP contribution in [0.25, 0.3) is 0 Å². The van der Waals surface area contributed by atoms with Gasteiger partial charge < -0.3 is 5.11 Å². The van der Waals surface area contributed by atoms with E-state index in [1.807, 2.05) is 0 Å². The van der Waals surface area contributed by atoms with Crippen molar-refractivity contribution in [3.05, 3.63) is 0 Å². The molecule has 0 spiro atoms. The molecule has 0 heterocycles. The second-order valence-corrected chi connectivity index (χ2v) is 8.06. The highest BCUT2D eigenvalue weighted by Gasteiger charge is 2.51. The summed E-state index contributed by atoms with van der Waals surface area (Å²) < 4.78 is 0. The Balaban J connectivity index is 1.93. The highest BCUT2D eigenvalue weighted by Crippen LogP contribution is 2.58. The second-order valence-electron chi connectivity index (χ2n) is 8.06. The van der Waals surface area contributed by atoms with Crippen molar-refractivity contribution in [1.82, 2.24) is 0 Å². The van der Waals surface area contributed by atoms with E-state index in [0.717, 1.165) is 24.2 Å². The molecule has 112 valence electrons. The summed E-state index contributed by atoms with van der Waals surface area (Å²) in [6, 6.07) is 0. The first-order chi connectivity index (χ1) is 8.95. The fourth-order valence-corrected chi connectivity index (χ4v) is 5.17. The molecule has 0 aromatic rings. The predicted octanol–water partition coefficient (Wildman–Crippen LogP) is 5.03. The van der Waals surface area contributed by atoms with Gasteiger partial charge in [0.05, 0.1) is 6.10 Å². The van der Waals surface area contributed by atoms with E-state index in [1.54, 1.807) is 0 Å². The van der Waals surface area contributed by atoms with Gasteiger partial charge in [0.1, 0.15) is 0 Å². The summed E-state index contributed by atoms with van der Waals surface area (Å²) in [5.74, 6) is 3.15. The highest BCUT2D eigenvalue weighted by atomic mass is 16.3. The Kier molecular flexibility index (Phi) is 4.98. The topological polar surface area (TPSA) is 20.2 Å². The van der Waals surface area contributed by atoms with Gasteiger partial charge in [0, 0.05) is 0 Å². The number of hydrogen-bond acceptors (Lipinski definition) is 1. The first-order valence-electron chi connectivity index (χ1n) is 8.63. The molecule has 0 aliphatic heterocycles. The van der Waals surface area contributed by atoms with Crippen molar-refractivity contribution in [1.29, 1.82) is 0 Å². The average molecular weight is 266 g/mol. The number of fused-ring (bicyclic) bond motifs is 1. The van der Waals surface area contributed by atoms with Gasteiger partial charge in [-0.05, 0) is 54.8 Å². The van der Waals surface area contributed by atoms with Crippen molar-refractivity contribution < 1.29 is 5.11 Å². The van der Waals surface area contributed by atoms with Crippen molar-refractivity contribution in [3.63, 3.8) is 0 Å². The van der Waals surface area contributed by atoms with E-state index in [4.69, 9.17) is 0 Å². The van der Waals surface area contributed by atoms with E-state index in [-0.39, 0.29) is 6.10 Å². The minimum atomic E-state index is -0.00776. The van der Waals surface area contributed by atoms with Crippen LogP contribution in [0.4, 0.5) is 0 Å². The van der Waals surface area contributed by atoms with Gasteiger partial charge in [-0.3, -0.25) is 0 Å². The minimum Gasteiger partial charge on any atom is -0.393 e. The van der Waals surface area contributed by atoms with Gasteiger partial charge in [0.15, 0.2) is 0 Å². The zero-order chi connectivity index (χ0) is 14.0. The number of aliphatic hydroxyl groups excluding tert-OH is 1. The number of rotatable bonds is 5. The third kappa shape index (κ3) is 3.17. The van der Waals surface area contributed by atoms with Crippen LogP contribution in [0.15, 0.2) is 0 Å². The molecule has 0 unspecified atom stereocenters. The number of aliphatic hydroxyl groups is 1. The van der Waals surface area contributed by atoms with Gasteiger partial charge in [-0.2, -0.15) is 0 Å². The molecular formula is C18H34O. The van der Waals surface area contributed by atoms with Crippen LogP contribution >= 0.6 is 0 Å². The summed E-state index contributed by atoms with van der Waals surface area (Å²) >= 11 is 0. The molecule has 5 atom stereocenters. The molecule has 2 rings (SSSR count). The van der Waals surface area contributed by atoms with Crippen molar-refractivity contribution in [3.8, 4) is 0 Å². The van der Waals surface area contributed by atoms with Gasteiger partial charge in [-0.1, -0.05) is 53.4 Å². The molecule has 1 heteroatoms. The summed E-state index contributed by atoms with van der Waals surface area (Å²) in [5.41, 5.74) is 0.439. The largest absolute Gasteiger partial charge is 0.393 e. The molecule has 1 nitrogen and oxygen atoms in total. The van der Waals surface area contributed by atoms with Crippen LogP contribution in [0.5, 0.6) is 0 Å². The molecule has 0 amide bonds. The predicted molar refractivity (Wildman–Crippen MR) is 82.0 cm³/mol. The van der Waals surface area contributed by atoms with E-state index in [0.29, 0.717) is 11.3 Å². The Bertz CT molecular complexity index is 285. The van der Waals surface area contributed by atoms with Gasteiger partial charge >= 0.3 is 0 Å². The SMILES string of the molecule is CC(C)CCC[C@@H](C)[C@H]1CC[C@H]2[C@@H](O)CCC[C@]12C. The van der Waals surface area contributed by atoms with E-state index in [9.17, 15) is 5.11 Å². The van der Waals surface area contributed by atoms with E-state index >= 15 is 0 Å². The minimum absolute atomic E-state index is 0.00776. The highest BCUT2D eigenvalue weighted by molar-refractivity contribution is 5.01. The Labute approximate surface area is 120 Å². The standard InChI is InChI=1S/C18H34O/c1-13(2)7-5-8-14(3)15-10-11-16-17(19)9-6-12-18(15,16)4/h13-17,19H,5-12H2,1-4H3/t14-,15-,16+,17+,18-/m1/s1. The summed E-state index contributed by atoms with van der Waals surface area (Å²) in [6.45, 7) is 9.61. The first kappa shape index (κ1) is 15.4. The molecular weight excluding hydrogens is 232 g/mol. The normalized spacial score (nSPS) is 40.4. The maximum atomic E-state index is 10.3. The average Bonchev–Trinajstić information content (AvgIpc) is 2.67. The zero-order valence-corrected chi connectivity index (χ0v) is 13.5. The first-order valence-corrected chi connectivity index (χ1v) is 8.63. The van der Waals surface area contributed by atoms with Crippen LogP contribution in [0.3, 0.4) is 0 Å². The third-order valence-corrected chi connectivity index (χ3v) is 6.29. The van der Waals surface area contributed by atoms with Crippen molar-refractivity contribution in [2.24, 2.45) is 29.1 Å². The summed E-state index contributed by atoms with van der Waals surface area (Å²) in [7, 11) is 0. The molecule has 2 aliphatic rings. The van der Waals surface area contributed by atoms with Gasteiger partial charge in [-0.15, -0.1) is 0 Å². The fraction of sp³-hybridized carbons (Fsp3) is 1.00. The molecule has 2 fully saturated rings. The van der Waals surface area contributed by atoms with Crippen molar-refractivity contribution in [2.75, 3.05) is 0 Å². The summed E-state index contributed by atoms with van der Waals surface area (Å²) in [4.78, 5) is 0. The molecule has 0 aromatic carbocycles. The van der Waals surface area contributed by atoms with Crippen LogP contribution in [-0.2, 0) is 0 Å². The quantitative estimate of drug-likeness (QED) is 0.740. The molecule has 0 bridgehead atoms. The molecule has 2 saturated carbocycles. The van der Waals surface area contributed by atoms with Crippen LogP contribution in [0.2, 0.25) is 0 Å². The Morgan fingerprint density at radius 2 is 1.84 bits per heavy atom. The van der Waals surface area contributed by atoms with Crippen molar-refractivity contribution in [2.45, 2.75) is 85.2 Å². The number of hydrogen-bond donors (Lipinski definition) is 1. The molecule has 0 aromatic heterocycles. The van der Waals surface area contributed by atoms with Gasteiger partial charge in [0.2, 0.25) is 0 Å². The van der Waals surface area contributed by atoms with Gasteiger partial charge in [0.25, 0.3) is 0 Å². The smallest absolute Gasteiger partial charge is 0.0573 e. The lowest BCUT2D eigenvalue weighted by Crippen LogP contribution is -2.41. The van der Waals surface area contributed by atoms with Crippen LogP contribution in [-0.4, -0.2) is 11.2 Å². The lowest BCUT2D eigenvalue weighted by molar-refractivity contribution is -0.0278. The van der Waals surface area contributed by atoms with Crippen LogP contribution < -0.4 is 0 Å². The molecule has 19 heavy (non-hydrogen) atoms. The molecule has 2 aliphatic carbocycles. The Morgan fingerprint density at radius 1 is 1.11 bits per heavy atom. The summed E-state index contributed by atoms with van der Waals surface area (Å²) in [5, 5.41) is 10.3. The maximum Gasteiger partial charge on any atom is 0.0573 e.